The molecule has 1 saturated carbocycles. The molecular weight excluding hydrogens is 555 g/mol. The van der Waals surface area contributed by atoms with Crippen LogP contribution in [0.4, 0.5) is 17.1 Å². The molecule has 1 nitrogen and oxygen atoms in total. The first-order valence-electron chi connectivity index (χ1n) is 17.1. The van der Waals surface area contributed by atoms with Crippen LogP contribution in [-0.2, 0) is 5.41 Å². The van der Waals surface area contributed by atoms with Crippen molar-refractivity contribution in [3.05, 3.63) is 150 Å². The molecule has 0 aliphatic heterocycles. The van der Waals surface area contributed by atoms with Gasteiger partial charge >= 0.3 is 0 Å². The van der Waals surface area contributed by atoms with Gasteiger partial charge in [0, 0.05) is 22.5 Å². The van der Waals surface area contributed by atoms with Crippen LogP contribution in [-0.4, -0.2) is 0 Å². The van der Waals surface area contributed by atoms with Crippen molar-refractivity contribution in [3.8, 4) is 11.1 Å². The summed E-state index contributed by atoms with van der Waals surface area (Å²) >= 11 is 0. The van der Waals surface area contributed by atoms with Crippen molar-refractivity contribution in [3.63, 3.8) is 0 Å². The van der Waals surface area contributed by atoms with Gasteiger partial charge in [0.1, 0.15) is 0 Å². The maximum atomic E-state index is 2.48. The van der Waals surface area contributed by atoms with Crippen LogP contribution in [0.25, 0.3) is 43.4 Å². The number of fused-ring (bicyclic) bond motifs is 9. The molecule has 0 saturated heterocycles. The van der Waals surface area contributed by atoms with E-state index in [9.17, 15) is 0 Å². The summed E-state index contributed by atoms with van der Waals surface area (Å²) in [5, 5.41) is 7.97. The highest BCUT2D eigenvalue weighted by atomic mass is 15.1. The Labute approximate surface area is 272 Å². The highest BCUT2D eigenvalue weighted by Gasteiger charge is 2.38. The van der Waals surface area contributed by atoms with Gasteiger partial charge in [0.25, 0.3) is 0 Å². The van der Waals surface area contributed by atoms with E-state index in [4.69, 9.17) is 0 Å². The van der Waals surface area contributed by atoms with E-state index >= 15 is 0 Å². The molecule has 0 aromatic heterocycles. The lowest BCUT2D eigenvalue weighted by atomic mass is 9.79. The molecule has 9 rings (SSSR count). The van der Waals surface area contributed by atoms with E-state index in [1.165, 1.54) is 109 Å². The Balaban J connectivity index is 1.20. The summed E-state index contributed by atoms with van der Waals surface area (Å²) in [5.41, 5.74) is 10.6. The van der Waals surface area contributed by atoms with Gasteiger partial charge < -0.3 is 4.90 Å². The van der Waals surface area contributed by atoms with Crippen LogP contribution >= 0.6 is 0 Å². The zero-order valence-electron chi connectivity index (χ0n) is 26.8. The maximum Gasteiger partial charge on any atom is 0.0468 e. The second-order valence-electron chi connectivity index (χ2n) is 14.0. The SMILES string of the molecule is CC1(C)c2cc3cc(N(c4ccccc4)c4ccc(C5CCCCC5)cc4)ccc3cc2-c2c1c1ccccc1c1ccccc21. The van der Waals surface area contributed by atoms with E-state index in [1.807, 2.05) is 0 Å². The first-order chi connectivity index (χ1) is 22.6. The van der Waals surface area contributed by atoms with Gasteiger partial charge in [-0.3, -0.25) is 0 Å². The van der Waals surface area contributed by atoms with Gasteiger partial charge in [0.05, 0.1) is 0 Å². The van der Waals surface area contributed by atoms with Crippen LogP contribution in [0.2, 0.25) is 0 Å². The first-order valence-corrected chi connectivity index (χ1v) is 17.1. The van der Waals surface area contributed by atoms with Crippen LogP contribution in [0.15, 0.2) is 133 Å². The van der Waals surface area contributed by atoms with Crippen LogP contribution in [0.3, 0.4) is 0 Å². The maximum absolute atomic E-state index is 2.48. The lowest BCUT2D eigenvalue weighted by molar-refractivity contribution is 0.443. The molecule has 0 atom stereocenters. The predicted octanol–water partition coefficient (Wildman–Crippen LogP) is 13.0. The Kier molecular flexibility index (Phi) is 6.32. The van der Waals surface area contributed by atoms with Gasteiger partial charge in [0.15, 0.2) is 0 Å². The Morgan fingerprint density at radius 3 is 1.87 bits per heavy atom. The van der Waals surface area contributed by atoms with E-state index < -0.39 is 0 Å². The summed E-state index contributed by atoms with van der Waals surface area (Å²) in [5.74, 6) is 0.706. The predicted molar refractivity (Wildman–Crippen MR) is 197 cm³/mol. The lowest BCUT2D eigenvalue weighted by Gasteiger charge is -2.27. The number of anilines is 3. The first kappa shape index (κ1) is 27.4. The van der Waals surface area contributed by atoms with Gasteiger partial charge in [0.2, 0.25) is 0 Å². The third kappa shape index (κ3) is 4.22. The van der Waals surface area contributed by atoms with E-state index in [0.717, 1.165) is 0 Å². The highest BCUT2D eigenvalue weighted by Crippen LogP contribution is 2.55. The van der Waals surface area contributed by atoms with E-state index in [-0.39, 0.29) is 5.41 Å². The lowest BCUT2D eigenvalue weighted by Crippen LogP contribution is -2.15. The fourth-order valence-corrected chi connectivity index (χ4v) is 8.71. The van der Waals surface area contributed by atoms with E-state index in [0.29, 0.717) is 5.92 Å². The monoisotopic (exact) mass is 593 g/mol. The molecule has 224 valence electrons. The molecule has 7 aromatic rings. The van der Waals surface area contributed by atoms with E-state index in [2.05, 4.69) is 152 Å². The highest BCUT2D eigenvalue weighted by molar-refractivity contribution is 6.19. The normalized spacial score (nSPS) is 15.7. The van der Waals surface area contributed by atoms with Crippen molar-refractivity contribution in [2.24, 2.45) is 0 Å². The second kappa shape index (κ2) is 10.6. The number of rotatable bonds is 4. The molecule has 0 heterocycles. The summed E-state index contributed by atoms with van der Waals surface area (Å²) in [4.78, 5) is 2.41. The third-order valence-electron chi connectivity index (χ3n) is 11.0. The molecule has 46 heavy (non-hydrogen) atoms. The Hall–Kier alpha value is -4.88. The topological polar surface area (TPSA) is 3.24 Å². The Morgan fingerprint density at radius 2 is 1.13 bits per heavy atom. The van der Waals surface area contributed by atoms with Gasteiger partial charge in [-0.1, -0.05) is 118 Å². The van der Waals surface area contributed by atoms with Gasteiger partial charge in [-0.25, -0.2) is 0 Å². The number of nitrogens with zero attached hydrogens (tertiary/aromatic N) is 1. The molecule has 0 unspecified atom stereocenters. The average Bonchev–Trinajstić information content (AvgIpc) is 3.34. The fourth-order valence-electron chi connectivity index (χ4n) is 8.71. The summed E-state index contributed by atoms with van der Waals surface area (Å²) < 4.78 is 0. The molecule has 0 spiro atoms. The summed E-state index contributed by atoms with van der Waals surface area (Å²) in [6.07, 6.45) is 6.75. The van der Waals surface area contributed by atoms with Gasteiger partial charge in [-0.15, -0.1) is 0 Å². The fraction of sp³-hybridized carbons (Fsp3) is 0.200. The Morgan fingerprint density at radius 1 is 0.522 bits per heavy atom. The molecule has 1 fully saturated rings. The number of para-hydroxylation sites is 1. The molecule has 2 aliphatic rings. The number of benzene rings is 7. The molecule has 0 N–H and O–H groups in total. The molecule has 1 heteroatoms. The van der Waals surface area contributed by atoms with Crippen molar-refractivity contribution in [1.29, 1.82) is 0 Å². The van der Waals surface area contributed by atoms with Crippen molar-refractivity contribution in [1.82, 2.24) is 0 Å². The average molecular weight is 594 g/mol. The molecule has 0 bridgehead atoms. The van der Waals surface area contributed by atoms with Crippen LogP contribution < -0.4 is 4.90 Å². The van der Waals surface area contributed by atoms with Crippen LogP contribution in [0, 0.1) is 0 Å². The minimum Gasteiger partial charge on any atom is -0.310 e. The standard InChI is InChI=1S/C45H39N/c1-45(2)42-29-33-27-36(46(34-15-7-4-8-16-34)35-24-21-31(22-25-35)30-13-5-3-6-14-30)26-23-32(33)28-41(42)43-39-19-11-9-17-37(39)38-18-10-12-20-40(38)44(43)45/h4,7-12,15-30H,3,5-6,13-14H2,1-2H3. The summed E-state index contributed by atoms with van der Waals surface area (Å²) in [7, 11) is 0. The Bertz CT molecular complexity index is 2250. The molecule has 7 aromatic carbocycles. The summed E-state index contributed by atoms with van der Waals surface area (Å²) in [6.45, 7) is 4.83. The van der Waals surface area contributed by atoms with Crippen molar-refractivity contribution >= 4 is 49.4 Å². The molecule has 2 aliphatic carbocycles. The number of hydrogen-bond donors (Lipinski definition) is 0. The zero-order valence-corrected chi connectivity index (χ0v) is 26.8. The summed E-state index contributed by atoms with van der Waals surface area (Å²) in [6, 6.07) is 50.1. The minimum absolute atomic E-state index is 0.118. The largest absolute Gasteiger partial charge is 0.310 e. The third-order valence-corrected chi connectivity index (χ3v) is 11.0. The van der Waals surface area contributed by atoms with Gasteiger partial charge in [-0.05, 0) is 127 Å². The molecule has 0 amide bonds. The van der Waals surface area contributed by atoms with Gasteiger partial charge in [-0.2, -0.15) is 0 Å². The van der Waals surface area contributed by atoms with E-state index in [1.54, 1.807) is 0 Å². The molecule has 0 radical (unpaired) electrons. The minimum atomic E-state index is -0.118. The van der Waals surface area contributed by atoms with Crippen molar-refractivity contribution in [2.45, 2.75) is 57.3 Å². The quantitative estimate of drug-likeness (QED) is 0.184. The molecular formula is C45H39N. The second-order valence-corrected chi connectivity index (χ2v) is 14.0. The smallest absolute Gasteiger partial charge is 0.0468 e. The van der Waals surface area contributed by atoms with Crippen molar-refractivity contribution < 1.29 is 0 Å². The van der Waals surface area contributed by atoms with Crippen LogP contribution in [0.5, 0.6) is 0 Å². The van der Waals surface area contributed by atoms with Crippen molar-refractivity contribution in [2.75, 3.05) is 4.90 Å². The zero-order chi connectivity index (χ0) is 30.8. The number of hydrogen-bond acceptors (Lipinski definition) is 1. The van der Waals surface area contributed by atoms with Crippen LogP contribution in [0.1, 0.15) is 68.6 Å².